The largest absolute Gasteiger partial charge is 0.305 e. The van der Waals surface area contributed by atoms with Crippen LogP contribution in [0.3, 0.4) is 0 Å². The summed E-state index contributed by atoms with van der Waals surface area (Å²) in [7, 11) is 1.73. The van der Waals surface area contributed by atoms with E-state index in [1.807, 2.05) is 6.92 Å². The standard InChI is InChI=1S/C13H15BrF2N4/c1-3-6-17-11(12-13(14)18-19-20(12)2)9-5-4-8(15)7-10(9)16/h4-5,7,11,17H,3,6H2,1-2H3. The number of aromatic nitrogens is 3. The second-order valence-corrected chi connectivity index (χ2v) is 5.19. The van der Waals surface area contributed by atoms with Gasteiger partial charge in [-0.3, -0.25) is 0 Å². The van der Waals surface area contributed by atoms with Gasteiger partial charge in [-0.2, -0.15) is 0 Å². The van der Waals surface area contributed by atoms with Crippen LogP contribution in [-0.2, 0) is 7.05 Å². The quantitative estimate of drug-likeness (QED) is 0.906. The van der Waals surface area contributed by atoms with E-state index in [0.29, 0.717) is 22.4 Å². The average molecular weight is 345 g/mol. The SMILES string of the molecule is CCCNC(c1ccc(F)cc1F)c1c(Br)nnn1C. The molecular formula is C13H15BrF2N4. The Morgan fingerprint density at radius 1 is 1.40 bits per heavy atom. The lowest BCUT2D eigenvalue weighted by molar-refractivity contribution is 0.510. The van der Waals surface area contributed by atoms with Crippen molar-refractivity contribution in [1.82, 2.24) is 20.3 Å². The summed E-state index contributed by atoms with van der Waals surface area (Å²) in [5.74, 6) is -1.19. The van der Waals surface area contributed by atoms with Gasteiger partial charge in [0, 0.05) is 18.7 Å². The zero-order valence-corrected chi connectivity index (χ0v) is 12.8. The van der Waals surface area contributed by atoms with Gasteiger partial charge in [0.1, 0.15) is 11.6 Å². The van der Waals surface area contributed by atoms with E-state index in [9.17, 15) is 8.78 Å². The number of aryl methyl sites for hydroxylation is 1. The predicted molar refractivity (Wildman–Crippen MR) is 75.2 cm³/mol. The summed E-state index contributed by atoms with van der Waals surface area (Å²) in [6.45, 7) is 2.71. The molecule has 0 amide bonds. The van der Waals surface area contributed by atoms with Crippen LogP contribution in [0.5, 0.6) is 0 Å². The van der Waals surface area contributed by atoms with Crippen LogP contribution in [0.25, 0.3) is 0 Å². The number of halogens is 3. The van der Waals surface area contributed by atoms with E-state index in [2.05, 4.69) is 31.6 Å². The molecule has 4 nitrogen and oxygen atoms in total. The van der Waals surface area contributed by atoms with Crippen molar-refractivity contribution in [1.29, 1.82) is 0 Å². The molecule has 2 aromatic rings. The van der Waals surface area contributed by atoms with Gasteiger partial charge in [-0.1, -0.05) is 18.2 Å². The van der Waals surface area contributed by atoms with E-state index < -0.39 is 17.7 Å². The highest BCUT2D eigenvalue weighted by atomic mass is 79.9. The number of rotatable bonds is 5. The average Bonchev–Trinajstić information content (AvgIpc) is 2.72. The zero-order chi connectivity index (χ0) is 14.7. The summed E-state index contributed by atoms with van der Waals surface area (Å²) in [6.07, 6.45) is 0.891. The van der Waals surface area contributed by atoms with Crippen molar-refractivity contribution in [2.45, 2.75) is 19.4 Å². The number of hydrogen-bond acceptors (Lipinski definition) is 3. The van der Waals surface area contributed by atoms with Crippen molar-refractivity contribution < 1.29 is 8.78 Å². The lowest BCUT2D eigenvalue weighted by atomic mass is 10.0. The minimum atomic E-state index is -0.595. The molecule has 0 spiro atoms. The number of hydrogen-bond donors (Lipinski definition) is 1. The van der Waals surface area contributed by atoms with Crippen LogP contribution in [0, 0.1) is 11.6 Å². The molecule has 0 aliphatic rings. The van der Waals surface area contributed by atoms with E-state index in [1.165, 1.54) is 12.1 Å². The second kappa shape index (κ2) is 6.41. The molecule has 0 saturated heterocycles. The van der Waals surface area contributed by atoms with Crippen molar-refractivity contribution in [3.8, 4) is 0 Å². The van der Waals surface area contributed by atoms with E-state index in [4.69, 9.17) is 0 Å². The first-order valence-electron chi connectivity index (χ1n) is 6.28. The molecule has 1 aromatic heterocycles. The van der Waals surface area contributed by atoms with Gasteiger partial charge in [0.25, 0.3) is 0 Å². The maximum atomic E-state index is 14.0. The van der Waals surface area contributed by atoms with E-state index in [1.54, 1.807) is 11.7 Å². The summed E-state index contributed by atoms with van der Waals surface area (Å²) >= 11 is 3.32. The smallest absolute Gasteiger partial charge is 0.153 e. The van der Waals surface area contributed by atoms with Crippen LogP contribution in [0.2, 0.25) is 0 Å². The Balaban J connectivity index is 2.47. The Morgan fingerprint density at radius 3 is 2.70 bits per heavy atom. The highest BCUT2D eigenvalue weighted by Gasteiger charge is 2.24. The summed E-state index contributed by atoms with van der Waals surface area (Å²) in [6, 6.07) is 3.13. The maximum absolute atomic E-state index is 14.0. The molecule has 0 fully saturated rings. The molecule has 0 aliphatic heterocycles. The molecule has 1 N–H and O–H groups in total. The summed E-state index contributed by atoms with van der Waals surface area (Å²) in [4.78, 5) is 0. The fourth-order valence-electron chi connectivity index (χ4n) is 2.02. The monoisotopic (exact) mass is 344 g/mol. The fourth-order valence-corrected chi connectivity index (χ4v) is 2.58. The zero-order valence-electron chi connectivity index (χ0n) is 11.2. The van der Waals surface area contributed by atoms with Gasteiger partial charge in [0.15, 0.2) is 4.60 Å². The molecule has 0 saturated carbocycles. The molecule has 2 rings (SSSR count). The molecule has 1 aromatic carbocycles. The van der Waals surface area contributed by atoms with Gasteiger partial charge in [-0.05, 0) is 35.0 Å². The third-order valence-corrected chi connectivity index (χ3v) is 3.54. The van der Waals surface area contributed by atoms with Crippen LogP contribution in [-0.4, -0.2) is 21.5 Å². The van der Waals surface area contributed by atoms with E-state index in [-0.39, 0.29) is 0 Å². The fraction of sp³-hybridized carbons (Fsp3) is 0.385. The maximum Gasteiger partial charge on any atom is 0.153 e. The van der Waals surface area contributed by atoms with Gasteiger partial charge in [-0.15, -0.1) is 5.10 Å². The van der Waals surface area contributed by atoms with Crippen LogP contribution in [0.1, 0.15) is 30.6 Å². The molecule has 1 heterocycles. The van der Waals surface area contributed by atoms with Crippen molar-refractivity contribution in [3.05, 3.63) is 45.7 Å². The third kappa shape index (κ3) is 3.04. The van der Waals surface area contributed by atoms with Crippen molar-refractivity contribution in [2.24, 2.45) is 7.05 Å². The molecule has 108 valence electrons. The van der Waals surface area contributed by atoms with E-state index >= 15 is 0 Å². The van der Waals surface area contributed by atoms with Crippen molar-refractivity contribution in [3.63, 3.8) is 0 Å². The van der Waals surface area contributed by atoms with Crippen molar-refractivity contribution >= 4 is 15.9 Å². The van der Waals surface area contributed by atoms with Gasteiger partial charge >= 0.3 is 0 Å². The number of nitrogens with zero attached hydrogens (tertiary/aromatic N) is 3. The summed E-state index contributed by atoms with van der Waals surface area (Å²) in [5.41, 5.74) is 1.06. The first-order valence-corrected chi connectivity index (χ1v) is 7.07. The molecule has 1 atom stereocenters. The minimum absolute atomic E-state index is 0.367. The molecule has 1 unspecified atom stereocenters. The summed E-state index contributed by atoms with van der Waals surface area (Å²) < 4.78 is 29.2. The molecule has 0 radical (unpaired) electrons. The predicted octanol–water partition coefficient (Wildman–Crippen LogP) is 2.94. The molecule has 20 heavy (non-hydrogen) atoms. The Hall–Kier alpha value is -1.34. The lowest BCUT2D eigenvalue weighted by Gasteiger charge is -2.20. The van der Waals surface area contributed by atoms with E-state index in [0.717, 1.165) is 12.5 Å². The summed E-state index contributed by atoms with van der Waals surface area (Å²) in [5, 5.41) is 11.0. The molecular weight excluding hydrogens is 330 g/mol. The Morgan fingerprint density at radius 2 is 2.15 bits per heavy atom. The van der Waals surface area contributed by atoms with Crippen LogP contribution in [0.4, 0.5) is 8.78 Å². The van der Waals surface area contributed by atoms with Crippen LogP contribution < -0.4 is 5.32 Å². The third-order valence-electron chi connectivity index (χ3n) is 2.97. The van der Waals surface area contributed by atoms with Crippen LogP contribution in [0.15, 0.2) is 22.8 Å². The Labute approximate surface area is 124 Å². The second-order valence-electron chi connectivity index (χ2n) is 4.44. The highest BCUT2D eigenvalue weighted by Crippen LogP contribution is 2.28. The normalized spacial score (nSPS) is 12.7. The van der Waals surface area contributed by atoms with Gasteiger partial charge < -0.3 is 5.32 Å². The van der Waals surface area contributed by atoms with Gasteiger partial charge in [-0.25, -0.2) is 13.5 Å². The van der Waals surface area contributed by atoms with Gasteiger partial charge in [0.2, 0.25) is 0 Å². The first kappa shape index (κ1) is 15.1. The lowest BCUT2D eigenvalue weighted by Crippen LogP contribution is -2.26. The highest BCUT2D eigenvalue weighted by molar-refractivity contribution is 9.10. The topological polar surface area (TPSA) is 42.7 Å². The Kier molecular flexibility index (Phi) is 4.82. The molecule has 0 bridgehead atoms. The molecule has 0 aliphatic carbocycles. The van der Waals surface area contributed by atoms with Crippen molar-refractivity contribution in [2.75, 3.05) is 6.54 Å². The Bertz CT molecular complexity index is 581. The van der Waals surface area contributed by atoms with Crippen LogP contribution >= 0.6 is 15.9 Å². The number of nitrogens with one attached hydrogen (secondary N) is 1. The number of benzene rings is 1. The molecule has 7 heteroatoms. The minimum Gasteiger partial charge on any atom is -0.305 e. The first-order chi connectivity index (χ1) is 9.54. The van der Waals surface area contributed by atoms with Gasteiger partial charge in [0.05, 0.1) is 11.7 Å².